The van der Waals surface area contributed by atoms with Gasteiger partial charge in [0.2, 0.25) is 6.79 Å². The van der Waals surface area contributed by atoms with Gasteiger partial charge in [0.15, 0.2) is 11.5 Å². The van der Waals surface area contributed by atoms with E-state index in [1.807, 2.05) is 25.2 Å². The third-order valence-corrected chi connectivity index (χ3v) is 8.76. The van der Waals surface area contributed by atoms with E-state index >= 15 is 0 Å². The molecule has 2 unspecified atom stereocenters. The van der Waals surface area contributed by atoms with Crippen molar-refractivity contribution in [1.29, 1.82) is 0 Å². The van der Waals surface area contributed by atoms with E-state index in [0.29, 0.717) is 12.5 Å². The summed E-state index contributed by atoms with van der Waals surface area (Å²) in [6.45, 7) is 10.9. The molecule has 0 aromatic heterocycles. The van der Waals surface area contributed by atoms with Crippen molar-refractivity contribution in [1.82, 2.24) is 4.90 Å². The van der Waals surface area contributed by atoms with Crippen LogP contribution in [-0.2, 0) is 17.6 Å². The van der Waals surface area contributed by atoms with Gasteiger partial charge in [-0.05, 0) is 96.7 Å². The molecular formula is C36H47ClN2O4. The van der Waals surface area contributed by atoms with Crippen LogP contribution in [0.15, 0.2) is 48.5 Å². The number of aryl methyl sites for hydroxylation is 2. The maximum atomic E-state index is 11.3. The van der Waals surface area contributed by atoms with E-state index in [1.165, 1.54) is 40.8 Å². The number of aldehydes is 1. The average Bonchev–Trinajstić information content (AvgIpc) is 3.68. The molecule has 1 fully saturated rings. The number of nitrogens with one attached hydrogen (secondary N) is 1. The lowest BCUT2D eigenvalue weighted by Crippen LogP contribution is -2.25. The van der Waals surface area contributed by atoms with Gasteiger partial charge in [0.1, 0.15) is 12.0 Å². The summed E-state index contributed by atoms with van der Waals surface area (Å²) < 4.78 is 17.0. The molecule has 232 valence electrons. The number of carbonyl (C=O) groups is 1. The van der Waals surface area contributed by atoms with Gasteiger partial charge in [0, 0.05) is 30.3 Å². The minimum atomic E-state index is 0.221. The quantitative estimate of drug-likeness (QED) is 0.165. The van der Waals surface area contributed by atoms with Gasteiger partial charge in [0.25, 0.3) is 0 Å². The minimum Gasteiger partial charge on any atom is -0.494 e. The fourth-order valence-electron chi connectivity index (χ4n) is 6.27. The molecule has 2 atom stereocenters. The molecule has 6 nitrogen and oxygen atoms in total. The zero-order chi connectivity index (χ0) is 30.8. The van der Waals surface area contributed by atoms with Crippen LogP contribution < -0.4 is 19.5 Å². The molecule has 0 bridgehead atoms. The van der Waals surface area contributed by atoms with Gasteiger partial charge in [-0.25, -0.2) is 0 Å². The summed E-state index contributed by atoms with van der Waals surface area (Å²) in [5.74, 6) is 2.96. The first-order valence-corrected chi connectivity index (χ1v) is 16.1. The number of halogens is 1. The molecule has 2 aliphatic heterocycles. The van der Waals surface area contributed by atoms with E-state index in [9.17, 15) is 4.79 Å². The Kier molecular flexibility index (Phi) is 12.2. The van der Waals surface area contributed by atoms with Crippen LogP contribution in [0.4, 0.5) is 5.69 Å². The third kappa shape index (κ3) is 8.04. The van der Waals surface area contributed by atoms with Gasteiger partial charge in [-0.3, -0.25) is 4.90 Å². The Morgan fingerprint density at radius 1 is 1.02 bits per heavy atom. The third-order valence-electron chi connectivity index (χ3n) is 8.54. The number of hydrogen-bond donors (Lipinski definition) is 1. The van der Waals surface area contributed by atoms with Gasteiger partial charge in [-0.15, -0.1) is 0 Å². The van der Waals surface area contributed by atoms with Crippen molar-refractivity contribution in [3.8, 4) is 17.2 Å². The minimum absolute atomic E-state index is 0.221. The number of rotatable bonds is 12. The maximum Gasteiger partial charge on any atom is 0.231 e. The van der Waals surface area contributed by atoms with E-state index in [2.05, 4.69) is 68.2 Å². The number of unbranched alkanes of at least 4 members (excludes halogenated alkanes) is 2. The Hall–Kier alpha value is -3.22. The first-order chi connectivity index (χ1) is 20.9. The van der Waals surface area contributed by atoms with E-state index in [1.54, 1.807) is 0 Å². The van der Waals surface area contributed by atoms with Gasteiger partial charge in [-0.1, -0.05) is 63.4 Å². The summed E-state index contributed by atoms with van der Waals surface area (Å²) in [4.78, 5) is 13.6. The number of ether oxygens (including phenoxy) is 3. The predicted octanol–water partition coefficient (Wildman–Crippen LogP) is 8.53. The molecule has 1 N–H and O–H groups in total. The molecule has 0 spiro atoms. The molecule has 43 heavy (non-hydrogen) atoms. The number of benzene rings is 3. The van der Waals surface area contributed by atoms with Crippen LogP contribution >= 0.6 is 11.6 Å². The second-order valence-electron chi connectivity index (χ2n) is 11.3. The average molecular weight is 607 g/mol. The highest BCUT2D eigenvalue weighted by atomic mass is 35.5. The molecule has 5 rings (SSSR count). The summed E-state index contributed by atoms with van der Waals surface area (Å²) in [6.07, 6.45) is 7.50. The number of hydrogen-bond acceptors (Lipinski definition) is 6. The predicted molar refractivity (Wildman–Crippen MR) is 176 cm³/mol. The number of likely N-dealkylation sites (tertiary alicyclic amines) is 1. The van der Waals surface area contributed by atoms with Crippen molar-refractivity contribution in [3.63, 3.8) is 0 Å². The summed E-state index contributed by atoms with van der Waals surface area (Å²) >= 11 is 6.01. The van der Waals surface area contributed by atoms with Crippen LogP contribution in [0.3, 0.4) is 0 Å². The van der Waals surface area contributed by atoms with Crippen molar-refractivity contribution in [2.75, 3.05) is 38.9 Å². The van der Waals surface area contributed by atoms with Gasteiger partial charge in [-0.2, -0.15) is 0 Å². The molecule has 2 heterocycles. The Morgan fingerprint density at radius 3 is 2.37 bits per heavy atom. The topological polar surface area (TPSA) is 60.0 Å². The van der Waals surface area contributed by atoms with Crippen LogP contribution in [0, 0.1) is 6.92 Å². The van der Waals surface area contributed by atoms with Crippen LogP contribution in [0.1, 0.15) is 86.2 Å². The van der Waals surface area contributed by atoms with Crippen LogP contribution in [0.2, 0.25) is 5.02 Å². The van der Waals surface area contributed by atoms with Gasteiger partial charge < -0.3 is 24.3 Å². The zero-order valence-electron chi connectivity index (χ0n) is 26.4. The second kappa shape index (κ2) is 16.0. The van der Waals surface area contributed by atoms with Crippen molar-refractivity contribution in [3.05, 3.63) is 81.4 Å². The summed E-state index contributed by atoms with van der Waals surface area (Å²) in [5.41, 5.74) is 7.51. The molecule has 0 radical (unpaired) electrons. The molecule has 0 amide bonds. The lowest BCUT2D eigenvalue weighted by molar-refractivity contribution is -0.109. The first-order valence-electron chi connectivity index (χ1n) is 15.7. The Morgan fingerprint density at radius 2 is 1.74 bits per heavy atom. The summed E-state index contributed by atoms with van der Waals surface area (Å²) in [6, 6.07) is 16.9. The fraction of sp³-hybridized carbons (Fsp3) is 0.472. The highest BCUT2D eigenvalue weighted by molar-refractivity contribution is 6.30. The van der Waals surface area contributed by atoms with E-state index < -0.39 is 0 Å². The molecule has 0 saturated carbocycles. The SMILES string of the molecule is CCCCCOc1ccc(C2CC(c3ccc4c(c3C)OCO4)CN2CC=O)cc1.CCc1cc(Cl)cc(CC)c1NC. The van der Waals surface area contributed by atoms with Crippen LogP contribution in [-0.4, -0.2) is 44.7 Å². The van der Waals surface area contributed by atoms with E-state index in [0.717, 1.165) is 73.0 Å². The van der Waals surface area contributed by atoms with Crippen LogP contribution in [0.5, 0.6) is 17.2 Å². The molecule has 3 aromatic rings. The Balaban J connectivity index is 0.000000273. The Labute approximate surface area is 262 Å². The zero-order valence-corrected chi connectivity index (χ0v) is 27.1. The second-order valence-corrected chi connectivity index (χ2v) is 11.7. The van der Waals surface area contributed by atoms with Crippen molar-refractivity contribution in [2.45, 2.75) is 78.2 Å². The largest absolute Gasteiger partial charge is 0.494 e. The highest BCUT2D eigenvalue weighted by Crippen LogP contribution is 2.45. The Bertz CT molecular complexity index is 1320. The lowest BCUT2D eigenvalue weighted by Gasteiger charge is -2.22. The first kappa shape index (κ1) is 32.7. The fourth-order valence-corrected chi connectivity index (χ4v) is 6.54. The molecule has 3 aromatic carbocycles. The standard InChI is InChI=1S/C25H31NO4.C11H16ClN/c1-3-4-5-14-28-21-8-6-19(7-9-21)23-15-20(16-26(23)12-13-27)22-10-11-24-25(18(22)2)30-17-29-24;1-4-8-6-10(12)7-9(5-2)11(8)13-3/h6-11,13,20,23H,3-5,12,14-17H2,1-2H3;6-7,13H,4-5H2,1-3H3. The van der Waals surface area contributed by atoms with Crippen molar-refractivity contribution >= 4 is 23.6 Å². The van der Waals surface area contributed by atoms with E-state index in [4.69, 9.17) is 25.8 Å². The van der Waals surface area contributed by atoms with Gasteiger partial charge >= 0.3 is 0 Å². The summed E-state index contributed by atoms with van der Waals surface area (Å²) in [5, 5.41) is 4.08. The normalized spacial score (nSPS) is 17.3. The summed E-state index contributed by atoms with van der Waals surface area (Å²) in [7, 11) is 1.96. The van der Waals surface area contributed by atoms with Gasteiger partial charge in [0.05, 0.1) is 13.2 Å². The molecule has 7 heteroatoms. The van der Waals surface area contributed by atoms with Crippen molar-refractivity contribution < 1.29 is 19.0 Å². The molecule has 2 aliphatic rings. The molecular weight excluding hydrogens is 560 g/mol. The number of nitrogens with zero attached hydrogens (tertiary/aromatic N) is 1. The van der Waals surface area contributed by atoms with Crippen LogP contribution in [0.25, 0.3) is 0 Å². The lowest BCUT2D eigenvalue weighted by atomic mass is 9.90. The number of anilines is 1. The smallest absolute Gasteiger partial charge is 0.231 e. The molecule has 1 saturated heterocycles. The van der Waals surface area contributed by atoms with Crippen molar-refractivity contribution in [2.24, 2.45) is 0 Å². The number of fused-ring (bicyclic) bond motifs is 1. The monoisotopic (exact) mass is 606 g/mol. The van der Waals surface area contributed by atoms with E-state index in [-0.39, 0.29) is 12.8 Å². The maximum absolute atomic E-state index is 11.3. The number of carbonyl (C=O) groups excluding carboxylic acids is 1. The highest BCUT2D eigenvalue weighted by Gasteiger charge is 2.35. The molecule has 0 aliphatic carbocycles.